The van der Waals surface area contributed by atoms with Crippen LogP contribution < -0.4 is 0 Å². The van der Waals surface area contributed by atoms with Gasteiger partial charge in [0.1, 0.15) is 0 Å². The number of hydrogen-bond acceptors (Lipinski definition) is 2. The summed E-state index contributed by atoms with van der Waals surface area (Å²) in [5.41, 5.74) is 2.34. The Balaban J connectivity index is 1.90. The summed E-state index contributed by atoms with van der Waals surface area (Å²) < 4.78 is 1.82. The molecule has 1 heterocycles. The number of benzene rings is 2. The third kappa shape index (κ3) is 2.42. The molecule has 0 unspecified atom stereocenters. The van der Waals surface area contributed by atoms with Gasteiger partial charge in [-0.2, -0.15) is 0 Å². The summed E-state index contributed by atoms with van der Waals surface area (Å²) in [6, 6.07) is 12.6. The highest BCUT2D eigenvalue weighted by Crippen LogP contribution is 2.23. The molecular weight excluding hydrogens is 295 g/mol. The van der Waals surface area contributed by atoms with Gasteiger partial charge in [-0.25, -0.2) is 4.98 Å². The number of nitrogens with zero attached hydrogens (tertiary/aromatic N) is 2. The molecular formula is C15H10Cl2N2O. The fraction of sp³-hybridized carbons (Fsp3) is 0.0667. The zero-order valence-electron chi connectivity index (χ0n) is 10.4. The summed E-state index contributed by atoms with van der Waals surface area (Å²) in [6.45, 7) is 0.221. The lowest BCUT2D eigenvalue weighted by atomic mass is 10.1. The molecule has 0 spiro atoms. The molecule has 0 saturated heterocycles. The van der Waals surface area contributed by atoms with E-state index in [1.807, 2.05) is 28.8 Å². The number of hydrogen-bond donors (Lipinski definition) is 0. The van der Waals surface area contributed by atoms with Gasteiger partial charge in [-0.15, -0.1) is 0 Å². The van der Waals surface area contributed by atoms with E-state index >= 15 is 0 Å². The van der Waals surface area contributed by atoms with Crippen LogP contribution in [0.3, 0.4) is 0 Å². The van der Waals surface area contributed by atoms with Gasteiger partial charge in [0, 0.05) is 5.56 Å². The molecule has 0 amide bonds. The number of aromatic nitrogens is 2. The van der Waals surface area contributed by atoms with Crippen molar-refractivity contribution in [2.75, 3.05) is 0 Å². The minimum atomic E-state index is -0.0354. The van der Waals surface area contributed by atoms with Gasteiger partial charge in [-0.1, -0.05) is 35.3 Å². The van der Waals surface area contributed by atoms with Gasteiger partial charge in [0.05, 0.1) is 34.0 Å². The Bertz CT molecular complexity index is 795. The molecule has 3 nitrogen and oxygen atoms in total. The summed E-state index contributed by atoms with van der Waals surface area (Å²) >= 11 is 11.8. The zero-order chi connectivity index (χ0) is 14.1. The molecule has 3 aromatic rings. The molecule has 100 valence electrons. The van der Waals surface area contributed by atoms with E-state index in [4.69, 9.17) is 23.2 Å². The Kier molecular flexibility index (Phi) is 3.47. The fourth-order valence-electron chi connectivity index (χ4n) is 2.05. The summed E-state index contributed by atoms with van der Waals surface area (Å²) in [4.78, 5) is 16.5. The van der Waals surface area contributed by atoms with E-state index in [-0.39, 0.29) is 12.3 Å². The van der Waals surface area contributed by atoms with E-state index in [9.17, 15) is 4.79 Å². The number of carbonyl (C=O) groups excluding carboxylic acids is 1. The normalized spacial score (nSPS) is 10.9. The molecule has 0 N–H and O–H groups in total. The van der Waals surface area contributed by atoms with Crippen molar-refractivity contribution in [2.45, 2.75) is 6.54 Å². The van der Waals surface area contributed by atoms with Crippen molar-refractivity contribution in [2.24, 2.45) is 0 Å². The highest BCUT2D eigenvalue weighted by molar-refractivity contribution is 6.42. The van der Waals surface area contributed by atoms with Crippen molar-refractivity contribution < 1.29 is 4.79 Å². The average molecular weight is 305 g/mol. The van der Waals surface area contributed by atoms with E-state index < -0.39 is 0 Å². The minimum Gasteiger partial charge on any atom is -0.323 e. The quantitative estimate of drug-likeness (QED) is 0.679. The lowest BCUT2D eigenvalue weighted by molar-refractivity contribution is 0.0973. The summed E-state index contributed by atoms with van der Waals surface area (Å²) in [6.07, 6.45) is 1.67. The maximum Gasteiger partial charge on any atom is 0.182 e. The van der Waals surface area contributed by atoms with Crippen LogP contribution in [0.2, 0.25) is 10.0 Å². The van der Waals surface area contributed by atoms with Gasteiger partial charge in [0.2, 0.25) is 0 Å². The maximum absolute atomic E-state index is 12.3. The van der Waals surface area contributed by atoms with Crippen molar-refractivity contribution >= 4 is 40.0 Å². The molecule has 2 aromatic carbocycles. The molecule has 0 fully saturated rings. The second kappa shape index (κ2) is 5.27. The minimum absolute atomic E-state index is 0.0354. The average Bonchev–Trinajstić information content (AvgIpc) is 2.85. The summed E-state index contributed by atoms with van der Waals surface area (Å²) in [5, 5.41) is 0.823. The first kappa shape index (κ1) is 13.2. The summed E-state index contributed by atoms with van der Waals surface area (Å²) in [5.74, 6) is -0.0354. The SMILES string of the molecule is O=C(Cn1cnc2ccccc21)c1ccc(Cl)c(Cl)c1. The standard InChI is InChI=1S/C15H10Cl2N2O/c16-11-6-5-10(7-12(11)17)15(20)8-19-9-18-13-3-1-2-4-14(13)19/h1-7,9H,8H2. The Hall–Kier alpha value is -1.84. The Morgan fingerprint density at radius 2 is 1.90 bits per heavy atom. The molecule has 0 bridgehead atoms. The number of rotatable bonds is 3. The third-order valence-corrected chi connectivity index (χ3v) is 3.82. The number of halogens is 2. The highest BCUT2D eigenvalue weighted by Gasteiger charge is 2.11. The number of ketones is 1. The molecule has 0 aliphatic rings. The number of imidazole rings is 1. The van der Waals surface area contributed by atoms with Gasteiger partial charge in [0.25, 0.3) is 0 Å². The molecule has 20 heavy (non-hydrogen) atoms. The first-order chi connectivity index (χ1) is 9.65. The van der Waals surface area contributed by atoms with Gasteiger partial charge < -0.3 is 4.57 Å². The van der Waals surface area contributed by atoms with Crippen LogP contribution in [0.25, 0.3) is 11.0 Å². The van der Waals surface area contributed by atoms with Gasteiger partial charge >= 0.3 is 0 Å². The van der Waals surface area contributed by atoms with Crippen molar-refractivity contribution in [3.05, 3.63) is 64.4 Å². The Morgan fingerprint density at radius 3 is 2.70 bits per heavy atom. The number of para-hydroxylation sites is 2. The maximum atomic E-state index is 12.3. The van der Waals surface area contributed by atoms with Gasteiger partial charge in [-0.05, 0) is 30.3 Å². The second-order valence-electron chi connectivity index (χ2n) is 4.41. The molecule has 1 aromatic heterocycles. The number of Topliss-reactive ketones (excluding diaryl/α,β-unsaturated/α-hetero) is 1. The van der Waals surface area contributed by atoms with E-state index in [0.717, 1.165) is 11.0 Å². The van der Waals surface area contributed by atoms with Crippen LogP contribution in [0, 0.1) is 0 Å². The second-order valence-corrected chi connectivity index (χ2v) is 5.23. The van der Waals surface area contributed by atoms with Crippen molar-refractivity contribution in [3.8, 4) is 0 Å². The summed E-state index contributed by atoms with van der Waals surface area (Å²) in [7, 11) is 0. The van der Waals surface area contributed by atoms with E-state index in [1.54, 1.807) is 24.5 Å². The van der Waals surface area contributed by atoms with Crippen LogP contribution >= 0.6 is 23.2 Å². The van der Waals surface area contributed by atoms with Crippen LogP contribution in [0.4, 0.5) is 0 Å². The molecule has 0 saturated carbocycles. The highest BCUT2D eigenvalue weighted by atomic mass is 35.5. The zero-order valence-corrected chi connectivity index (χ0v) is 11.9. The van der Waals surface area contributed by atoms with Gasteiger partial charge in [0.15, 0.2) is 5.78 Å². The molecule has 0 aliphatic heterocycles. The molecule has 3 rings (SSSR count). The lowest BCUT2D eigenvalue weighted by Crippen LogP contribution is -2.09. The number of fused-ring (bicyclic) bond motifs is 1. The van der Waals surface area contributed by atoms with Crippen LogP contribution in [-0.4, -0.2) is 15.3 Å². The molecule has 0 radical (unpaired) electrons. The molecule has 5 heteroatoms. The van der Waals surface area contributed by atoms with E-state index in [2.05, 4.69) is 4.98 Å². The Morgan fingerprint density at radius 1 is 1.10 bits per heavy atom. The van der Waals surface area contributed by atoms with E-state index in [1.165, 1.54) is 0 Å². The largest absolute Gasteiger partial charge is 0.323 e. The van der Waals surface area contributed by atoms with Gasteiger partial charge in [-0.3, -0.25) is 4.79 Å². The van der Waals surface area contributed by atoms with E-state index in [0.29, 0.717) is 15.6 Å². The van der Waals surface area contributed by atoms with Crippen molar-refractivity contribution in [1.29, 1.82) is 0 Å². The molecule has 0 atom stereocenters. The van der Waals surface area contributed by atoms with Crippen LogP contribution in [0.15, 0.2) is 48.8 Å². The van der Waals surface area contributed by atoms with Crippen LogP contribution in [0.1, 0.15) is 10.4 Å². The van der Waals surface area contributed by atoms with Crippen molar-refractivity contribution in [3.63, 3.8) is 0 Å². The topological polar surface area (TPSA) is 34.9 Å². The third-order valence-electron chi connectivity index (χ3n) is 3.08. The first-order valence-electron chi connectivity index (χ1n) is 6.03. The first-order valence-corrected chi connectivity index (χ1v) is 6.79. The van der Waals surface area contributed by atoms with Crippen molar-refractivity contribution in [1.82, 2.24) is 9.55 Å². The lowest BCUT2D eigenvalue weighted by Gasteiger charge is -2.05. The Labute approximate surface area is 125 Å². The number of carbonyl (C=O) groups is 1. The van der Waals surface area contributed by atoms with Crippen LogP contribution in [0.5, 0.6) is 0 Å². The predicted molar refractivity (Wildman–Crippen MR) is 80.5 cm³/mol. The predicted octanol–water partition coefficient (Wildman–Crippen LogP) is 4.23. The fourth-order valence-corrected chi connectivity index (χ4v) is 2.35. The monoisotopic (exact) mass is 304 g/mol. The smallest absolute Gasteiger partial charge is 0.182 e. The molecule has 0 aliphatic carbocycles. The van der Waals surface area contributed by atoms with Crippen LogP contribution in [-0.2, 0) is 6.54 Å².